The summed E-state index contributed by atoms with van der Waals surface area (Å²) in [5.41, 5.74) is 0.546. The van der Waals surface area contributed by atoms with Gasteiger partial charge < -0.3 is 0 Å². The number of nitrogens with one attached hydrogen (secondary N) is 1. The van der Waals surface area contributed by atoms with Crippen molar-refractivity contribution in [3.63, 3.8) is 0 Å². The van der Waals surface area contributed by atoms with E-state index in [0.717, 1.165) is 0 Å². The van der Waals surface area contributed by atoms with Gasteiger partial charge in [-0.2, -0.15) is 8.42 Å². The third-order valence-electron chi connectivity index (χ3n) is 4.00. The Labute approximate surface area is 168 Å². The van der Waals surface area contributed by atoms with Crippen LogP contribution in [0.25, 0.3) is 10.8 Å². The molecule has 0 atom stereocenters. The lowest BCUT2D eigenvalue weighted by atomic mass is 10.2. The van der Waals surface area contributed by atoms with Gasteiger partial charge in [0, 0.05) is 23.5 Å². The number of fused-ring (bicyclic) bond motifs is 1. The largest absolute Gasteiger partial charge is 0.297 e. The Hall–Kier alpha value is -2.04. The van der Waals surface area contributed by atoms with Crippen molar-refractivity contribution in [1.82, 2.24) is 9.71 Å². The second kappa shape index (κ2) is 8.14. The van der Waals surface area contributed by atoms with Crippen LogP contribution in [0.3, 0.4) is 0 Å². The summed E-state index contributed by atoms with van der Waals surface area (Å²) in [6.45, 7) is 1.09. The minimum Gasteiger partial charge on any atom is -0.265 e. The van der Waals surface area contributed by atoms with E-state index in [1.165, 1.54) is 18.3 Å². The highest BCUT2D eigenvalue weighted by Crippen LogP contribution is 2.26. The molecule has 0 bridgehead atoms. The van der Waals surface area contributed by atoms with Crippen LogP contribution in [0.1, 0.15) is 5.56 Å². The summed E-state index contributed by atoms with van der Waals surface area (Å²) < 4.78 is 57.0. The fraction of sp³-hybridized carbons (Fsp3) is 0.167. The molecule has 3 rings (SSSR count). The molecule has 28 heavy (non-hydrogen) atoms. The molecule has 7 nitrogen and oxygen atoms in total. The number of nitrogens with zero attached hydrogens (tertiary/aromatic N) is 1. The van der Waals surface area contributed by atoms with E-state index < -0.39 is 20.1 Å². The van der Waals surface area contributed by atoms with Crippen molar-refractivity contribution in [3.8, 4) is 0 Å². The quantitative estimate of drug-likeness (QED) is 0.344. The summed E-state index contributed by atoms with van der Waals surface area (Å²) in [4.78, 5) is 4.01. The van der Waals surface area contributed by atoms with Gasteiger partial charge in [0.15, 0.2) is 0 Å². The molecule has 1 aromatic heterocycles. The van der Waals surface area contributed by atoms with Crippen LogP contribution in [0.5, 0.6) is 0 Å². The number of hydrogen-bond acceptors (Lipinski definition) is 6. The highest BCUT2D eigenvalue weighted by atomic mass is 35.5. The first-order valence-corrected chi connectivity index (χ1v) is 11.5. The van der Waals surface area contributed by atoms with Crippen LogP contribution in [0.2, 0.25) is 5.15 Å². The molecule has 0 fully saturated rings. The molecule has 2 aromatic carbocycles. The Kier molecular flexibility index (Phi) is 6.01. The maximum Gasteiger partial charge on any atom is 0.297 e. The summed E-state index contributed by atoms with van der Waals surface area (Å²) >= 11 is 6.01. The fourth-order valence-electron chi connectivity index (χ4n) is 2.68. The summed E-state index contributed by atoms with van der Waals surface area (Å²) in [7, 11) is -7.88. The van der Waals surface area contributed by atoms with E-state index >= 15 is 0 Å². The van der Waals surface area contributed by atoms with Crippen LogP contribution in [-0.2, 0) is 24.3 Å². The van der Waals surface area contributed by atoms with E-state index in [9.17, 15) is 16.8 Å². The molecule has 0 aliphatic heterocycles. The molecular weight excluding hydrogens is 424 g/mol. The summed E-state index contributed by atoms with van der Waals surface area (Å²) in [6, 6.07) is 12.6. The van der Waals surface area contributed by atoms with Crippen molar-refractivity contribution in [2.45, 2.75) is 16.7 Å². The maximum absolute atomic E-state index is 12.6. The summed E-state index contributed by atoms with van der Waals surface area (Å²) in [5, 5.41) is 1.12. The van der Waals surface area contributed by atoms with E-state index in [1.807, 2.05) is 0 Å². The van der Waals surface area contributed by atoms with Crippen LogP contribution in [0.15, 0.2) is 64.5 Å². The predicted molar refractivity (Wildman–Crippen MR) is 106 cm³/mol. The van der Waals surface area contributed by atoms with Gasteiger partial charge >= 0.3 is 0 Å². The molecule has 0 amide bonds. The van der Waals surface area contributed by atoms with E-state index in [2.05, 4.69) is 9.71 Å². The van der Waals surface area contributed by atoms with E-state index in [0.29, 0.717) is 16.3 Å². The number of aromatic nitrogens is 1. The van der Waals surface area contributed by atoms with Crippen molar-refractivity contribution in [3.05, 3.63) is 65.4 Å². The lowest BCUT2D eigenvalue weighted by molar-refractivity contribution is 0.322. The molecule has 0 aliphatic rings. The molecular formula is C18H17ClN2O5S2. The standard InChI is InChI=1S/C18H17ClN2O5S2/c1-13-5-2-3-7-16(13)28(24,25)26-12-11-21-27(22,23)17-8-4-6-15-14(17)9-10-20-18(15)19/h2-10,21H,11-12H2,1H3. The number of benzene rings is 2. The molecule has 0 saturated carbocycles. The van der Waals surface area contributed by atoms with E-state index in [1.54, 1.807) is 43.3 Å². The zero-order valence-electron chi connectivity index (χ0n) is 14.8. The van der Waals surface area contributed by atoms with Crippen LogP contribution in [0, 0.1) is 6.92 Å². The third kappa shape index (κ3) is 4.34. The Morgan fingerprint density at radius 3 is 2.43 bits per heavy atom. The normalized spacial score (nSPS) is 12.4. The zero-order valence-corrected chi connectivity index (χ0v) is 17.2. The van der Waals surface area contributed by atoms with Gasteiger partial charge in [-0.05, 0) is 30.7 Å². The molecule has 1 N–H and O–H groups in total. The predicted octanol–water partition coefficient (Wildman–Crippen LogP) is 2.88. The van der Waals surface area contributed by atoms with Crippen LogP contribution in [-0.4, -0.2) is 35.0 Å². The Bertz CT molecular complexity index is 1230. The lowest BCUT2D eigenvalue weighted by Crippen LogP contribution is -2.28. The topological polar surface area (TPSA) is 102 Å². The van der Waals surface area contributed by atoms with Crippen molar-refractivity contribution < 1.29 is 21.0 Å². The first-order chi connectivity index (χ1) is 13.2. The van der Waals surface area contributed by atoms with Crippen LogP contribution in [0.4, 0.5) is 0 Å². The molecule has 0 radical (unpaired) electrons. The lowest BCUT2D eigenvalue weighted by Gasteiger charge is -2.11. The average Bonchev–Trinajstić information content (AvgIpc) is 2.65. The number of aryl methyl sites for hydroxylation is 1. The molecule has 0 unspecified atom stereocenters. The number of pyridine rings is 1. The average molecular weight is 441 g/mol. The molecule has 148 valence electrons. The van der Waals surface area contributed by atoms with Crippen molar-refractivity contribution in [2.24, 2.45) is 0 Å². The van der Waals surface area contributed by atoms with Crippen LogP contribution >= 0.6 is 11.6 Å². The van der Waals surface area contributed by atoms with Gasteiger partial charge in [-0.1, -0.05) is 41.9 Å². The van der Waals surface area contributed by atoms with Gasteiger partial charge in [-0.3, -0.25) is 4.18 Å². The first kappa shape index (κ1) is 20.7. The molecule has 0 spiro atoms. The van der Waals surface area contributed by atoms with Gasteiger partial charge in [-0.15, -0.1) is 0 Å². The van der Waals surface area contributed by atoms with Crippen molar-refractivity contribution in [1.29, 1.82) is 0 Å². The first-order valence-electron chi connectivity index (χ1n) is 8.20. The second-order valence-corrected chi connectivity index (χ2v) is 9.57. The van der Waals surface area contributed by atoms with Crippen molar-refractivity contribution >= 4 is 42.5 Å². The molecule has 1 heterocycles. The van der Waals surface area contributed by atoms with E-state index in [4.69, 9.17) is 15.8 Å². The zero-order chi connectivity index (χ0) is 20.4. The van der Waals surface area contributed by atoms with Gasteiger partial charge in [0.2, 0.25) is 10.0 Å². The van der Waals surface area contributed by atoms with Gasteiger partial charge in [-0.25, -0.2) is 18.1 Å². The summed E-state index contributed by atoms with van der Waals surface area (Å²) in [5.74, 6) is 0. The second-order valence-electron chi connectivity index (χ2n) is 5.89. The Morgan fingerprint density at radius 2 is 1.68 bits per heavy atom. The fourth-order valence-corrected chi connectivity index (χ4v) is 5.27. The van der Waals surface area contributed by atoms with Gasteiger partial charge in [0.1, 0.15) is 5.15 Å². The van der Waals surface area contributed by atoms with E-state index in [-0.39, 0.29) is 28.1 Å². The molecule has 0 saturated heterocycles. The van der Waals surface area contributed by atoms with Gasteiger partial charge in [0.05, 0.1) is 16.4 Å². The Morgan fingerprint density at radius 1 is 0.964 bits per heavy atom. The van der Waals surface area contributed by atoms with Crippen LogP contribution < -0.4 is 4.72 Å². The molecule has 0 aliphatic carbocycles. The smallest absolute Gasteiger partial charge is 0.265 e. The minimum atomic E-state index is -3.97. The number of rotatable bonds is 7. The minimum absolute atomic E-state index is 0.0241. The highest BCUT2D eigenvalue weighted by Gasteiger charge is 2.20. The maximum atomic E-state index is 12.6. The number of sulfonamides is 1. The third-order valence-corrected chi connectivity index (χ3v) is 7.30. The number of halogens is 1. The monoisotopic (exact) mass is 440 g/mol. The molecule has 10 heteroatoms. The SMILES string of the molecule is Cc1ccccc1S(=O)(=O)OCCNS(=O)(=O)c1cccc2c(Cl)nccc12. The summed E-state index contributed by atoms with van der Waals surface area (Å²) in [6.07, 6.45) is 1.42. The molecule has 3 aromatic rings. The highest BCUT2D eigenvalue weighted by molar-refractivity contribution is 7.89. The number of hydrogen-bond donors (Lipinski definition) is 1. The van der Waals surface area contributed by atoms with Crippen molar-refractivity contribution in [2.75, 3.05) is 13.2 Å². The Balaban J connectivity index is 1.72. The van der Waals surface area contributed by atoms with Gasteiger partial charge in [0.25, 0.3) is 10.1 Å².